The normalized spacial score (nSPS) is 14.5. The largest absolute Gasteiger partial charge is 0.0654 e. The zero-order valence-corrected chi connectivity index (χ0v) is 10.3. The summed E-state index contributed by atoms with van der Waals surface area (Å²) in [5, 5.41) is 0. The quantitative estimate of drug-likeness (QED) is 0.520. The van der Waals surface area contributed by atoms with Gasteiger partial charge in [0.1, 0.15) is 0 Å². The lowest BCUT2D eigenvalue weighted by Crippen LogP contribution is -2.23. The van der Waals surface area contributed by atoms with Crippen molar-refractivity contribution in [3.8, 4) is 0 Å². The Bertz CT molecular complexity index is 113. The van der Waals surface area contributed by atoms with Gasteiger partial charge >= 0.3 is 0 Å². The van der Waals surface area contributed by atoms with Gasteiger partial charge in [-0.1, -0.05) is 66.7 Å². The lowest BCUT2D eigenvalue weighted by Gasteiger charge is -2.33. The van der Waals surface area contributed by atoms with Crippen LogP contribution in [0.1, 0.15) is 73.1 Å². The fourth-order valence-corrected chi connectivity index (χ4v) is 2.01. The van der Waals surface area contributed by atoms with Crippen molar-refractivity contribution in [2.75, 3.05) is 0 Å². The molecule has 0 saturated heterocycles. The van der Waals surface area contributed by atoms with Crippen molar-refractivity contribution in [1.29, 1.82) is 0 Å². The zero-order chi connectivity index (χ0) is 10.3. The van der Waals surface area contributed by atoms with Gasteiger partial charge in [0, 0.05) is 0 Å². The highest BCUT2D eigenvalue weighted by atomic mass is 14.3. The Kier molecular flexibility index (Phi) is 6.45. The fraction of sp³-hybridized carbons (Fsp3) is 1.00. The summed E-state index contributed by atoms with van der Waals surface area (Å²) < 4.78 is 0. The van der Waals surface area contributed by atoms with E-state index in [4.69, 9.17) is 0 Å². The van der Waals surface area contributed by atoms with E-state index in [1.54, 1.807) is 0 Å². The minimum atomic E-state index is 0.561. The second-order valence-electron chi connectivity index (χ2n) is 4.97. The van der Waals surface area contributed by atoms with Crippen LogP contribution in [0, 0.1) is 11.3 Å². The van der Waals surface area contributed by atoms with Crippen LogP contribution in [0.3, 0.4) is 0 Å². The molecule has 1 atom stereocenters. The molecular weight excluding hydrogens is 156 g/mol. The van der Waals surface area contributed by atoms with E-state index >= 15 is 0 Å². The molecule has 0 heteroatoms. The molecule has 1 unspecified atom stereocenters. The van der Waals surface area contributed by atoms with E-state index in [2.05, 4.69) is 34.6 Å². The molecule has 0 aliphatic rings. The van der Waals surface area contributed by atoms with Crippen LogP contribution >= 0.6 is 0 Å². The molecule has 0 radical (unpaired) electrons. The molecule has 0 aromatic rings. The van der Waals surface area contributed by atoms with Gasteiger partial charge in [-0.2, -0.15) is 0 Å². The molecule has 0 bridgehead atoms. The summed E-state index contributed by atoms with van der Waals surface area (Å²) in [6.45, 7) is 11.8. The van der Waals surface area contributed by atoms with Crippen LogP contribution in [0.25, 0.3) is 0 Å². The summed E-state index contributed by atoms with van der Waals surface area (Å²) in [6, 6.07) is 0. The first-order chi connectivity index (χ1) is 6.08. The summed E-state index contributed by atoms with van der Waals surface area (Å²) in [4.78, 5) is 0. The van der Waals surface area contributed by atoms with Crippen LogP contribution in [-0.2, 0) is 0 Å². The molecule has 0 heterocycles. The number of hydrogen-bond donors (Lipinski definition) is 0. The molecular formula is C13H28. The Labute approximate surface area is 85.1 Å². The van der Waals surface area contributed by atoms with Crippen LogP contribution in [0.5, 0.6) is 0 Å². The highest BCUT2D eigenvalue weighted by Gasteiger charge is 2.25. The first kappa shape index (κ1) is 13.0. The molecule has 0 spiro atoms. The van der Waals surface area contributed by atoms with E-state index in [0.29, 0.717) is 5.41 Å². The average molecular weight is 184 g/mol. The van der Waals surface area contributed by atoms with Gasteiger partial charge in [-0.15, -0.1) is 0 Å². The minimum Gasteiger partial charge on any atom is -0.0654 e. The van der Waals surface area contributed by atoms with Gasteiger partial charge in [0.25, 0.3) is 0 Å². The SMILES string of the molecule is CCCCC(CCC)C(C)(C)CC. The van der Waals surface area contributed by atoms with Crippen LogP contribution in [0.15, 0.2) is 0 Å². The van der Waals surface area contributed by atoms with E-state index in [-0.39, 0.29) is 0 Å². The zero-order valence-electron chi connectivity index (χ0n) is 10.3. The highest BCUT2D eigenvalue weighted by molar-refractivity contribution is 4.76. The molecule has 0 aliphatic heterocycles. The smallest absolute Gasteiger partial charge is 0.0329 e. The average Bonchev–Trinajstić information content (AvgIpc) is 2.12. The highest BCUT2D eigenvalue weighted by Crippen LogP contribution is 2.36. The Morgan fingerprint density at radius 1 is 0.923 bits per heavy atom. The maximum Gasteiger partial charge on any atom is -0.0329 e. The first-order valence-corrected chi connectivity index (χ1v) is 6.08. The van der Waals surface area contributed by atoms with Gasteiger partial charge < -0.3 is 0 Å². The predicted molar refractivity (Wildman–Crippen MR) is 62.0 cm³/mol. The van der Waals surface area contributed by atoms with Crippen molar-refractivity contribution in [2.24, 2.45) is 11.3 Å². The van der Waals surface area contributed by atoms with E-state index < -0.39 is 0 Å². The van der Waals surface area contributed by atoms with Crippen LogP contribution in [0.2, 0.25) is 0 Å². The predicted octanol–water partition coefficient (Wildman–Crippen LogP) is 5.03. The molecule has 0 saturated carbocycles. The van der Waals surface area contributed by atoms with Gasteiger partial charge in [0.05, 0.1) is 0 Å². The van der Waals surface area contributed by atoms with Gasteiger partial charge in [-0.25, -0.2) is 0 Å². The maximum atomic E-state index is 2.43. The molecule has 0 fully saturated rings. The first-order valence-electron chi connectivity index (χ1n) is 6.08. The summed E-state index contributed by atoms with van der Waals surface area (Å²) in [5.74, 6) is 0.947. The topological polar surface area (TPSA) is 0 Å². The molecule has 0 nitrogen and oxygen atoms in total. The van der Waals surface area contributed by atoms with E-state index in [0.717, 1.165) is 5.92 Å². The molecule has 80 valence electrons. The second-order valence-corrected chi connectivity index (χ2v) is 4.97. The monoisotopic (exact) mass is 184 g/mol. The minimum absolute atomic E-state index is 0.561. The summed E-state index contributed by atoms with van der Waals surface area (Å²) in [5.41, 5.74) is 0.561. The lowest BCUT2D eigenvalue weighted by molar-refractivity contribution is 0.174. The van der Waals surface area contributed by atoms with E-state index in [9.17, 15) is 0 Å². The second kappa shape index (κ2) is 6.45. The Balaban J connectivity index is 4.05. The van der Waals surface area contributed by atoms with Gasteiger partial charge in [-0.3, -0.25) is 0 Å². The number of rotatable bonds is 7. The van der Waals surface area contributed by atoms with Crippen molar-refractivity contribution in [3.63, 3.8) is 0 Å². The van der Waals surface area contributed by atoms with E-state index in [1.165, 1.54) is 38.5 Å². The Morgan fingerprint density at radius 2 is 1.54 bits per heavy atom. The molecule has 0 aromatic carbocycles. The lowest BCUT2D eigenvalue weighted by atomic mass is 9.72. The number of hydrogen-bond acceptors (Lipinski definition) is 0. The Morgan fingerprint density at radius 3 is 1.92 bits per heavy atom. The standard InChI is InChI=1S/C13H28/c1-6-9-11-12(10-7-2)13(4,5)8-3/h12H,6-11H2,1-5H3. The van der Waals surface area contributed by atoms with Crippen molar-refractivity contribution >= 4 is 0 Å². The van der Waals surface area contributed by atoms with Gasteiger partial charge in [-0.05, 0) is 17.8 Å². The summed E-state index contributed by atoms with van der Waals surface area (Å²) >= 11 is 0. The fourth-order valence-electron chi connectivity index (χ4n) is 2.01. The van der Waals surface area contributed by atoms with Crippen molar-refractivity contribution in [1.82, 2.24) is 0 Å². The Hall–Kier alpha value is 0. The third-order valence-corrected chi connectivity index (χ3v) is 3.56. The van der Waals surface area contributed by atoms with Crippen molar-refractivity contribution in [3.05, 3.63) is 0 Å². The van der Waals surface area contributed by atoms with Crippen LogP contribution in [-0.4, -0.2) is 0 Å². The third kappa shape index (κ3) is 4.69. The molecule has 0 amide bonds. The number of unbranched alkanes of at least 4 members (excludes halogenated alkanes) is 1. The van der Waals surface area contributed by atoms with Crippen LogP contribution in [0.4, 0.5) is 0 Å². The van der Waals surface area contributed by atoms with Crippen molar-refractivity contribution < 1.29 is 0 Å². The molecule has 13 heavy (non-hydrogen) atoms. The van der Waals surface area contributed by atoms with Gasteiger partial charge in [0.2, 0.25) is 0 Å². The third-order valence-electron chi connectivity index (χ3n) is 3.56. The molecule has 0 aliphatic carbocycles. The van der Waals surface area contributed by atoms with Gasteiger partial charge in [0.15, 0.2) is 0 Å². The molecule has 0 aromatic heterocycles. The summed E-state index contributed by atoms with van der Waals surface area (Å²) in [7, 11) is 0. The van der Waals surface area contributed by atoms with E-state index in [1.807, 2.05) is 0 Å². The van der Waals surface area contributed by atoms with Crippen molar-refractivity contribution in [2.45, 2.75) is 73.1 Å². The maximum absolute atomic E-state index is 2.43. The van der Waals surface area contributed by atoms with Crippen LogP contribution < -0.4 is 0 Å². The molecule has 0 rings (SSSR count). The summed E-state index contributed by atoms with van der Waals surface area (Å²) in [6.07, 6.45) is 8.28. The molecule has 0 N–H and O–H groups in total.